The third-order valence-corrected chi connectivity index (χ3v) is 3.65. The van der Waals surface area contributed by atoms with Crippen molar-refractivity contribution in [2.45, 2.75) is 39.2 Å². The molecule has 2 atom stereocenters. The van der Waals surface area contributed by atoms with Gasteiger partial charge in [-0.25, -0.2) is 4.79 Å². The van der Waals surface area contributed by atoms with Gasteiger partial charge in [-0.15, -0.1) is 0 Å². The van der Waals surface area contributed by atoms with Crippen LogP contribution in [0.3, 0.4) is 0 Å². The van der Waals surface area contributed by atoms with Gasteiger partial charge in [-0.2, -0.15) is 4.98 Å². The highest BCUT2D eigenvalue weighted by Gasteiger charge is 2.16. The summed E-state index contributed by atoms with van der Waals surface area (Å²) < 4.78 is 5.32. The molecule has 0 saturated heterocycles. The molecule has 3 N–H and O–H groups in total. The third kappa shape index (κ3) is 5.10. The van der Waals surface area contributed by atoms with Gasteiger partial charge in [-0.1, -0.05) is 30.3 Å². The fourth-order valence-electron chi connectivity index (χ4n) is 2.36. The van der Waals surface area contributed by atoms with E-state index >= 15 is 0 Å². The molecular formula is C17H23N3O3. The number of hydrogen-bond acceptors (Lipinski definition) is 4. The molecule has 124 valence electrons. The molecule has 0 aliphatic rings. The van der Waals surface area contributed by atoms with Crippen LogP contribution in [0.15, 0.2) is 34.7 Å². The zero-order valence-corrected chi connectivity index (χ0v) is 13.7. The highest BCUT2D eigenvalue weighted by molar-refractivity contribution is 5.87. The molecule has 0 bridgehead atoms. The minimum atomic E-state index is -0.442. The van der Waals surface area contributed by atoms with E-state index in [1.54, 1.807) is 13.8 Å². The van der Waals surface area contributed by atoms with Crippen molar-refractivity contribution in [3.8, 4) is 0 Å². The van der Waals surface area contributed by atoms with E-state index in [9.17, 15) is 9.90 Å². The molecule has 2 aromatic rings. The van der Waals surface area contributed by atoms with Gasteiger partial charge in [0.05, 0.1) is 11.8 Å². The van der Waals surface area contributed by atoms with Gasteiger partial charge < -0.3 is 14.8 Å². The molecule has 2 amide bonds. The summed E-state index contributed by atoms with van der Waals surface area (Å²) in [6, 6.07) is 9.63. The standard InChI is InChI=1S/C17H23N3O3/c1-11(21)9-15(14-7-5-4-6-8-14)10-18-16(22)20-17-19-12(2)13(3)23-17/h4-8,11,15,21H,9-10H2,1-3H3,(H2,18,19,20,22). The number of amides is 2. The lowest BCUT2D eigenvalue weighted by Crippen LogP contribution is -2.33. The van der Waals surface area contributed by atoms with Crippen molar-refractivity contribution in [1.29, 1.82) is 0 Å². The highest BCUT2D eigenvalue weighted by atomic mass is 16.4. The van der Waals surface area contributed by atoms with Crippen LogP contribution < -0.4 is 10.6 Å². The monoisotopic (exact) mass is 317 g/mol. The number of carbonyl (C=O) groups is 1. The number of carbonyl (C=O) groups excluding carboxylic acids is 1. The van der Waals surface area contributed by atoms with E-state index < -0.39 is 6.10 Å². The summed E-state index contributed by atoms with van der Waals surface area (Å²) >= 11 is 0. The zero-order valence-electron chi connectivity index (χ0n) is 13.7. The fourth-order valence-corrected chi connectivity index (χ4v) is 2.36. The van der Waals surface area contributed by atoms with E-state index in [4.69, 9.17) is 4.42 Å². The smallest absolute Gasteiger partial charge is 0.322 e. The summed E-state index contributed by atoms with van der Waals surface area (Å²) in [6.07, 6.45) is 0.128. The van der Waals surface area contributed by atoms with Crippen molar-refractivity contribution in [3.63, 3.8) is 0 Å². The molecule has 0 aliphatic heterocycles. The second kappa shape index (κ2) is 7.78. The molecular weight excluding hydrogens is 294 g/mol. The quantitative estimate of drug-likeness (QED) is 0.764. The maximum atomic E-state index is 12.0. The third-order valence-electron chi connectivity index (χ3n) is 3.65. The van der Waals surface area contributed by atoms with Crippen LogP contribution in [0.2, 0.25) is 0 Å². The first-order valence-corrected chi connectivity index (χ1v) is 7.67. The molecule has 23 heavy (non-hydrogen) atoms. The van der Waals surface area contributed by atoms with E-state index in [0.717, 1.165) is 11.3 Å². The van der Waals surface area contributed by atoms with Crippen molar-refractivity contribution in [3.05, 3.63) is 47.3 Å². The topological polar surface area (TPSA) is 87.4 Å². The highest BCUT2D eigenvalue weighted by Crippen LogP contribution is 2.20. The summed E-state index contributed by atoms with van der Waals surface area (Å²) in [5.74, 6) is 0.714. The number of aliphatic hydroxyl groups is 1. The molecule has 0 spiro atoms. The molecule has 2 unspecified atom stereocenters. The summed E-state index contributed by atoms with van der Waals surface area (Å²) in [5.41, 5.74) is 1.83. The largest absolute Gasteiger partial charge is 0.428 e. The number of nitrogens with zero attached hydrogens (tertiary/aromatic N) is 1. The Morgan fingerprint density at radius 3 is 2.57 bits per heavy atom. The van der Waals surface area contributed by atoms with Crippen LogP contribution in [-0.4, -0.2) is 28.8 Å². The Morgan fingerprint density at radius 1 is 1.30 bits per heavy atom. The molecule has 1 aromatic carbocycles. The van der Waals surface area contributed by atoms with Gasteiger partial charge in [0.15, 0.2) is 0 Å². The van der Waals surface area contributed by atoms with Crippen LogP contribution >= 0.6 is 0 Å². The number of anilines is 1. The van der Waals surface area contributed by atoms with Crippen molar-refractivity contribution in [2.75, 3.05) is 11.9 Å². The van der Waals surface area contributed by atoms with Crippen LogP contribution in [-0.2, 0) is 0 Å². The SMILES string of the molecule is Cc1nc(NC(=O)NCC(CC(C)O)c2ccccc2)oc1C. The molecule has 0 fully saturated rings. The van der Waals surface area contributed by atoms with Crippen LogP contribution in [0.1, 0.15) is 36.3 Å². The zero-order chi connectivity index (χ0) is 16.8. The van der Waals surface area contributed by atoms with Crippen molar-refractivity contribution < 1.29 is 14.3 Å². The molecule has 1 heterocycles. The molecule has 0 radical (unpaired) electrons. The summed E-state index contributed by atoms with van der Waals surface area (Å²) in [6.45, 7) is 5.77. The molecule has 6 nitrogen and oxygen atoms in total. The number of urea groups is 1. The van der Waals surface area contributed by atoms with E-state index in [0.29, 0.717) is 18.7 Å². The Labute approximate surface area is 135 Å². The fraction of sp³-hybridized carbons (Fsp3) is 0.412. The van der Waals surface area contributed by atoms with Gasteiger partial charge in [0.1, 0.15) is 5.76 Å². The normalized spacial score (nSPS) is 13.4. The van der Waals surface area contributed by atoms with Crippen LogP contribution in [0.25, 0.3) is 0 Å². The average Bonchev–Trinajstić information content (AvgIpc) is 2.82. The van der Waals surface area contributed by atoms with Crippen molar-refractivity contribution in [2.24, 2.45) is 0 Å². The van der Waals surface area contributed by atoms with E-state index in [2.05, 4.69) is 15.6 Å². The Kier molecular flexibility index (Phi) is 5.76. The number of rotatable bonds is 6. The Bertz CT molecular complexity index is 618. The lowest BCUT2D eigenvalue weighted by molar-refractivity contribution is 0.173. The summed E-state index contributed by atoms with van der Waals surface area (Å²) in [5, 5.41) is 15.0. The number of benzene rings is 1. The van der Waals surface area contributed by atoms with Gasteiger partial charge in [-0.05, 0) is 32.8 Å². The number of hydrogen-bond donors (Lipinski definition) is 3. The maximum Gasteiger partial charge on any atom is 0.322 e. The first-order chi connectivity index (χ1) is 11.0. The predicted molar refractivity (Wildman–Crippen MR) is 88.5 cm³/mol. The van der Waals surface area contributed by atoms with E-state index in [1.165, 1.54) is 0 Å². The number of aromatic nitrogens is 1. The second-order valence-corrected chi connectivity index (χ2v) is 5.69. The van der Waals surface area contributed by atoms with Gasteiger partial charge in [0, 0.05) is 12.5 Å². The van der Waals surface area contributed by atoms with Gasteiger partial charge in [0.2, 0.25) is 0 Å². The van der Waals surface area contributed by atoms with Crippen molar-refractivity contribution >= 4 is 12.0 Å². The van der Waals surface area contributed by atoms with E-state index in [-0.39, 0.29) is 18.0 Å². The lowest BCUT2D eigenvalue weighted by Gasteiger charge is -2.19. The lowest BCUT2D eigenvalue weighted by atomic mass is 9.93. The molecule has 1 aromatic heterocycles. The first kappa shape index (κ1) is 17.0. The van der Waals surface area contributed by atoms with Crippen LogP contribution in [0.4, 0.5) is 10.8 Å². The number of aryl methyl sites for hydroxylation is 2. The number of aliphatic hydroxyl groups excluding tert-OH is 1. The van der Waals surface area contributed by atoms with Gasteiger partial charge >= 0.3 is 12.0 Å². The number of nitrogens with one attached hydrogen (secondary N) is 2. The summed E-state index contributed by atoms with van der Waals surface area (Å²) in [7, 11) is 0. The minimum Gasteiger partial charge on any atom is -0.428 e. The second-order valence-electron chi connectivity index (χ2n) is 5.69. The van der Waals surface area contributed by atoms with Crippen LogP contribution in [0, 0.1) is 13.8 Å². The minimum absolute atomic E-state index is 0.0370. The Morgan fingerprint density at radius 2 is 2.00 bits per heavy atom. The van der Waals surface area contributed by atoms with Gasteiger partial charge in [0.25, 0.3) is 0 Å². The predicted octanol–water partition coefficient (Wildman–Crippen LogP) is 2.97. The Balaban J connectivity index is 1.93. The Hall–Kier alpha value is -2.34. The van der Waals surface area contributed by atoms with Crippen molar-refractivity contribution in [1.82, 2.24) is 10.3 Å². The van der Waals surface area contributed by atoms with Crippen LogP contribution in [0.5, 0.6) is 0 Å². The summed E-state index contributed by atoms with van der Waals surface area (Å²) in [4.78, 5) is 16.1. The molecule has 6 heteroatoms. The molecule has 0 aliphatic carbocycles. The van der Waals surface area contributed by atoms with E-state index in [1.807, 2.05) is 37.3 Å². The van der Waals surface area contributed by atoms with Gasteiger partial charge in [-0.3, -0.25) is 5.32 Å². The maximum absolute atomic E-state index is 12.0. The molecule has 2 rings (SSSR count). The molecule has 0 saturated carbocycles. The number of oxazole rings is 1. The first-order valence-electron chi connectivity index (χ1n) is 7.67. The average molecular weight is 317 g/mol.